The highest BCUT2D eigenvalue weighted by atomic mass is 14.1. The largest absolute Gasteiger partial charge is 0.0616 e. The molecule has 0 aliphatic heterocycles. The highest BCUT2D eigenvalue weighted by Crippen LogP contribution is 2.28. The van der Waals surface area contributed by atoms with Crippen molar-refractivity contribution in [1.29, 1.82) is 0 Å². The van der Waals surface area contributed by atoms with E-state index >= 15 is 0 Å². The highest BCUT2D eigenvalue weighted by Gasteiger charge is 2.02. The molecule has 124 valence electrons. The van der Waals surface area contributed by atoms with Gasteiger partial charge in [-0.15, -0.1) is 0 Å². The second kappa shape index (κ2) is 7.81. The minimum atomic E-state index is 1.28. The Bertz CT molecular complexity index is 919. The summed E-state index contributed by atoms with van der Waals surface area (Å²) in [5, 5.41) is 2.62. The van der Waals surface area contributed by atoms with Crippen LogP contribution in [0.25, 0.3) is 21.9 Å². The van der Waals surface area contributed by atoms with E-state index in [2.05, 4.69) is 112 Å². The van der Waals surface area contributed by atoms with Crippen LogP contribution in [0.1, 0.15) is 16.7 Å². The van der Waals surface area contributed by atoms with Crippen molar-refractivity contribution >= 4 is 10.8 Å². The molecule has 0 bridgehead atoms. The molecule has 0 saturated carbocycles. The minimum Gasteiger partial charge on any atom is -0.0616 e. The van der Waals surface area contributed by atoms with Gasteiger partial charge in [0.1, 0.15) is 0 Å². The molecule has 0 fully saturated rings. The van der Waals surface area contributed by atoms with Gasteiger partial charge in [0, 0.05) is 0 Å². The fraction of sp³-hybridized carbons (Fsp3) is 0.120. The molecule has 0 nitrogen and oxygen atoms in total. The molecule has 4 rings (SSSR count). The second-order valence-corrected chi connectivity index (χ2v) is 6.55. The molecule has 0 amide bonds. The molecule has 0 aliphatic carbocycles. The fourth-order valence-corrected chi connectivity index (χ4v) is 2.85. The molecular formula is C25H24. The third kappa shape index (κ3) is 4.36. The van der Waals surface area contributed by atoms with Gasteiger partial charge in [0.15, 0.2) is 0 Å². The first-order valence-corrected chi connectivity index (χ1v) is 8.71. The number of hydrogen-bond donors (Lipinski definition) is 0. The van der Waals surface area contributed by atoms with Crippen molar-refractivity contribution in [2.24, 2.45) is 0 Å². The van der Waals surface area contributed by atoms with E-state index in [1.807, 2.05) is 0 Å². The smallest absolute Gasteiger partial charge is 0.0105 e. The molecule has 0 spiro atoms. The van der Waals surface area contributed by atoms with Gasteiger partial charge < -0.3 is 0 Å². The zero-order chi connectivity index (χ0) is 17.6. The van der Waals surface area contributed by atoms with E-state index in [1.165, 1.54) is 38.6 Å². The van der Waals surface area contributed by atoms with Crippen LogP contribution in [0, 0.1) is 20.8 Å². The van der Waals surface area contributed by atoms with E-state index in [4.69, 9.17) is 0 Å². The van der Waals surface area contributed by atoms with Gasteiger partial charge in [0.25, 0.3) is 0 Å². The van der Waals surface area contributed by atoms with Gasteiger partial charge in [0.05, 0.1) is 0 Å². The predicted molar refractivity (Wildman–Crippen MR) is 110 cm³/mol. The Hall–Kier alpha value is -2.86. The van der Waals surface area contributed by atoms with Crippen LogP contribution in [0.2, 0.25) is 0 Å². The SMILES string of the molecule is Cc1ccc(-c2cccc3ccccc23)cc1.Cc1ccc(C)cc1. The van der Waals surface area contributed by atoms with Gasteiger partial charge >= 0.3 is 0 Å². The zero-order valence-corrected chi connectivity index (χ0v) is 15.2. The molecule has 0 heteroatoms. The number of fused-ring (bicyclic) bond motifs is 1. The van der Waals surface area contributed by atoms with E-state index in [0.29, 0.717) is 0 Å². The van der Waals surface area contributed by atoms with Gasteiger partial charge in [0.2, 0.25) is 0 Å². The Kier molecular flexibility index (Phi) is 5.30. The van der Waals surface area contributed by atoms with Crippen LogP contribution >= 0.6 is 0 Å². The highest BCUT2D eigenvalue weighted by molar-refractivity contribution is 5.96. The third-order valence-electron chi connectivity index (χ3n) is 4.37. The lowest BCUT2D eigenvalue weighted by Crippen LogP contribution is -1.81. The van der Waals surface area contributed by atoms with Gasteiger partial charge in [-0.2, -0.15) is 0 Å². The first-order valence-electron chi connectivity index (χ1n) is 8.71. The van der Waals surface area contributed by atoms with Crippen LogP contribution in [-0.2, 0) is 0 Å². The summed E-state index contributed by atoms with van der Waals surface area (Å²) in [5.74, 6) is 0. The van der Waals surface area contributed by atoms with Gasteiger partial charge in [-0.05, 0) is 42.7 Å². The lowest BCUT2D eigenvalue weighted by atomic mass is 9.98. The van der Waals surface area contributed by atoms with Crippen molar-refractivity contribution in [3.63, 3.8) is 0 Å². The summed E-state index contributed by atoms with van der Waals surface area (Å²) in [5.41, 5.74) is 6.55. The Balaban J connectivity index is 0.000000192. The summed E-state index contributed by atoms with van der Waals surface area (Å²) in [6, 6.07) is 32.2. The summed E-state index contributed by atoms with van der Waals surface area (Å²) in [6.07, 6.45) is 0. The Morgan fingerprint density at radius 2 is 0.920 bits per heavy atom. The van der Waals surface area contributed by atoms with Crippen LogP contribution in [0.3, 0.4) is 0 Å². The molecule has 0 heterocycles. The normalized spacial score (nSPS) is 10.2. The van der Waals surface area contributed by atoms with Crippen LogP contribution in [0.15, 0.2) is 91.0 Å². The van der Waals surface area contributed by atoms with Crippen LogP contribution in [0.5, 0.6) is 0 Å². The summed E-state index contributed by atoms with van der Waals surface area (Å²) in [6.45, 7) is 6.31. The van der Waals surface area contributed by atoms with E-state index in [0.717, 1.165) is 0 Å². The maximum Gasteiger partial charge on any atom is -0.0105 e. The first-order chi connectivity index (χ1) is 12.1. The fourth-order valence-electron chi connectivity index (χ4n) is 2.85. The summed E-state index contributed by atoms with van der Waals surface area (Å²) >= 11 is 0. The second-order valence-electron chi connectivity index (χ2n) is 6.55. The van der Waals surface area contributed by atoms with Crippen molar-refractivity contribution in [2.45, 2.75) is 20.8 Å². The van der Waals surface area contributed by atoms with Crippen molar-refractivity contribution in [1.82, 2.24) is 0 Å². The third-order valence-corrected chi connectivity index (χ3v) is 4.37. The van der Waals surface area contributed by atoms with E-state index in [-0.39, 0.29) is 0 Å². The topological polar surface area (TPSA) is 0 Å². The summed E-state index contributed by atoms with van der Waals surface area (Å²) in [7, 11) is 0. The zero-order valence-electron chi connectivity index (χ0n) is 15.2. The van der Waals surface area contributed by atoms with Crippen molar-refractivity contribution in [3.8, 4) is 11.1 Å². The lowest BCUT2D eigenvalue weighted by molar-refractivity contribution is 1.40. The molecule has 0 atom stereocenters. The summed E-state index contributed by atoms with van der Waals surface area (Å²) < 4.78 is 0. The van der Waals surface area contributed by atoms with Gasteiger partial charge in [-0.1, -0.05) is 108 Å². The number of benzene rings is 4. The molecule has 25 heavy (non-hydrogen) atoms. The van der Waals surface area contributed by atoms with Crippen molar-refractivity contribution in [3.05, 3.63) is 108 Å². The average molecular weight is 324 g/mol. The predicted octanol–water partition coefficient (Wildman–Crippen LogP) is 7.12. The van der Waals surface area contributed by atoms with E-state index < -0.39 is 0 Å². The number of aryl methyl sites for hydroxylation is 3. The molecule has 4 aromatic rings. The molecule has 0 saturated heterocycles. The minimum absolute atomic E-state index is 1.28. The monoisotopic (exact) mass is 324 g/mol. The number of rotatable bonds is 1. The van der Waals surface area contributed by atoms with Crippen molar-refractivity contribution in [2.75, 3.05) is 0 Å². The quantitative estimate of drug-likeness (QED) is 0.350. The summed E-state index contributed by atoms with van der Waals surface area (Å²) in [4.78, 5) is 0. The Morgan fingerprint density at radius 3 is 1.52 bits per heavy atom. The van der Waals surface area contributed by atoms with Gasteiger partial charge in [-0.3, -0.25) is 0 Å². The molecular weight excluding hydrogens is 300 g/mol. The molecule has 0 aromatic heterocycles. The van der Waals surface area contributed by atoms with Crippen LogP contribution in [0.4, 0.5) is 0 Å². The van der Waals surface area contributed by atoms with Crippen LogP contribution in [-0.4, -0.2) is 0 Å². The Morgan fingerprint density at radius 1 is 0.440 bits per heavy atom. The maximum atomic E-state index is 2.19. The molecule has 4 aromatic carbocycles. The van der Waals surface area contributed by atoms with E-state index in [9.17, 15) is 0 Å². The standard InChI is InChI=1S/C17H14.C8H10/c1-13-9-11-15(12-10-13)17-8-4-6-14-5-2-3-7-16(14)17;1-7-3-5-8(2)6-4-7/h2-12H,1H3;3-6H,1-2H3. The van der Waals surface area contributed by atoms with Crippen LogP contribution < -0.4 is 0 Å². The molecule has 0 radical (unpaired) electrons. The first kappa shape index (κ1) is 17.0. The molecule has 0 N–H and O–H groups in total. The van der Waals surface area contributed by atoms with E-state index in [1.54, 1.807) is 0 Å². The van der Waals surface area contributed by atoms with Gasteiger partial charge in [-0.25, -0.2) is 0 Å². The van der Waals surface area contributed by atoms with Crippen molar-refractivity contribution < 1.29 is 0 Å². The molecule has 0 unspecified atom stereocenters. The number of hydrogen-bond acceptors (Lipinski definition) is 0. The lowest BCUT2D eigenvalue weighted by Gasteiger charge is -2.07. The molecule has 0 aliphatic rings. The maximum absolute atomic E-state index is 2.19. The average Bonchev–Trinajstić information content (AvgIpc) is 2.65. The Labute approximate surface area is 150 Å².